The topological polar surface area (TPSA) is 52.0 Å². The Bertz CT molecular complexity index is 583. The second kappa shape index (κ2) is 7.56. The van der Waals surface area contributed by atoms with Crippen molar-refractivity contribution in [3.63, 3.8) is 0 Å². The van der Waals surface area contributed by atoms with Gasteiger partial charge in [0.2, 0.25) is 0 Å². The van der Waals surface area contributed by atoms with E-state index in [1.54, 1.807) is 4.68 Å². The Kier molecular flexibility index (Phi) is 5.76. The number of hydrogen-bond donors (Lipinski definition) is 1. The van der Waals surface area contributed by atoms with Gasteiger partial charge in [0.15, 0.2) is 0 Å². The van der Waals surface area contributed by atoms with Crippen LogP contribution in [0.4, 0.5) is 0 Å². The normalized spacial score (nSPS) is 11.1. The van der Waals surface area contributed by atoms with Gasteiger partial charge in [-0.1, -0.05) is 35.0 Å². The van der Waals surface area contributed by atoms with Gasteiger partial charge in [-0.2, -0.15) is 0 Å². The zero-order chi connectivity index (χ0) is 15.2. The van der Waals surface area contributed by atoms with E-state index in [0.29, 0.717) is 19.1 Å². The van der Waals surface area contributed by atoms with Gasteiger partial charge < -0.3 is 10.1 Å². The average molecular weight is 353 g/mol. The Hall–Kier alpha value is -1.40. The molecule has 0 aliphatic rings. The van der Waals surface area contributed by atoms with E-state index < -0.39 is 0 Å². The number of ether oxygens (including phenoxy) is 1. The molecule has 0 fully saturated rings. The fraction of sp³-hybridized carbons (Fsp3) is 0.467. The minimum Gasteiger partial charge on any atom is -0.491 e. The molecule has 5 nitrogen and oxygen atoms in total. The summed E-state index contributed by atoms with van der Waals surface area (Å²) in [5.74, 6) is 1.36. The highest BCUT2D eigenvalue weighted by Crippen LogP contribution is 2.29. The minimum absolute atomic E-state index is 0.422. The molecule has 0 unspecified atom stereocenters. The van der Waals surface area contributed by atoms with Gasteiger partial charge in [0.1, 0.15) is 12.4 Å². The third-order valence-electron chi connectivity index (χ3n) is 3.12. The summed E-state index contributed by atoms with van der Waals surface area (Å²) >= 11 is 3.50. The smallest absolute Gasteiger partial charge is 0.122 e. The van der Waals surface area contributed by atoms with Crippen molar-refractivity contribution in [1.29, 1.82) is 0 Å². The maximum atomic E-state index is 5.90. The highest BCUT2D eigenvalue weighted by Gasteiger charge is 2.09. The van der Waals surface area contributed by atoms with E-state index in [1.165, 1.54) is 5.56 Å². The Morgan fingerprint density at radius 3 is 2.90 bits per heavy atom. The molecule has 0 saturated carbocycles. The van der Waals surface area contributed by atoms with Gasteiger partial charge in [-0.25, -0.2) is 4.68 Å². The molecule has 0 spiro atoms. The zero-order valence-corrected chi connectivity index (χ0v) is 14.2. The van der Waals surface area contributed by atoms with Gasteiger partial charge in [-0.15, -0.1) is 5.10 Å². The first-order valence-corrected chi connectivity index (χ1v) is 7.85. The molecule has 0 bridgehead atoms. The largest absolute Gasteiger partial charge is 0.491 e. The zero-order valence-electron chi connectivity index (χ0n) is 12.6. The molecule has 6 heteroatoms. The SMILES string of the molecule is CNCc1cn(CCOc2ccc(Br)cc2C(C)C)nn1. The number of aromatic nitrogens is 3. The lowest BCUT2D eigenvalue weighted by molar-refractivity contribution is 0.286. The van der Waals surface area contributed by atoms with Gasteiger partial charge in [0.05, 0.1) is 12.2 Å². The van der Waals surface area contributed by atoms with Crippen LogP contribution in [-0.4, -0.2) is 28.6 Å². The lowest BCUT2D eigenvalue weighted by atomic mass is 10.0. The molecular weight excluding hydrogens is 332 g/mol. The van der Waals surface area contributed by atoms with Gasteiger partial charge in [0.25, 0.3) is 0 Å². The van der Waals surface area contributed by atoms with Crippen LogP contribution in [0.2, 0.25) is 0 Å². The van der Waals surface area contributed by atoms with Crippen LogP contribution in [-0.2, 0) is 13.1 Å². The Balaban J connectivity index is 1.93. The van der Waals surface area contributed by atoms with Crippen LogP contribution < -0.4 is 10.1 Å². The molecule has 0 radical (unpaired) electrons. The van der Waals surface area contributed by atoms with Crippen molar-refractivity contribution in [2.45, 2.75) is 32.9 Å². The third kappa shape index (κ3) is 4.54. The average Bonchev–Trinajstić information content (AvgIpc) is 2.88. The van der Waals surface area contributed by atoms with Crippen LogP contribution in [0.3, 0.4) is 0 Å². The van der Waals surface area contributed by atoms with Crippen molar-refractivity contribution in [3.05, 3.63) is 40.1 Å². The molecule has 0 aliphatic carbocycles. The van der Waals surface area contributed by atoms with Crippen LogP contribution in [0.5, 0.6) is 5.75 Å². The van der Waals surface area contributed by atoms with Crippen LogP contribution in [0.1, 0.15) is 31.0 Å². The summed E-state index contributed by atoms with van der Waals surface area (Å²) < 4.78 is 8.78. The summed E-state index contributed by atoms with van der Waals surface area (Å²) in [5.41, 5.74) is 2.14. The van der Waals surface area contributed by atoms with E-state index >= 15 is 0 Å². The van der Waals surface area contributed by atoms with Gasteiger partial charge in [-0.05, 0) is 36.7 Å². The summed E-state index contributed by atoms with van der Waals surface area (Å²) in [6, 6.07) is 6.12. The third-order valence-corrected chi connectivity index (χ3v) is 3.61. The monoisotopic (exact) mass is 352 g/mol. The minimum atomic E-state index is 0.422. The molecule has 1 heterocycles. The number of nitrogens with zero attached hydrogens (tertiary/aromatic N) is 3. The Morgan fingerprint density at radius 2 is 2.19 bits per heavy atom. The van der Waals surface area contributed by atoms with Gasteiger partial charge in [0, 0.05) is 17.2 Å². The van der Waals surface area contributed by atoms with E-state index in [-0.39, 0.29) is 0 Å². The predicted molar refractivity (Wildman–Crippen MR) is 86.5 cm³/mol. The van der Waals surface area contributed by atoms with E-state index in [9.17, 15) is 0 Å². The van der Waals surface area contributed by atoms with E-state index in [2.05, 4.69) is 51.5 Å². The van der Waals surface area contributed by atoms with E-state index in [0.717, 1.165) is 22.5 Å². The second-order valence-corrected chi connectivity index (χ2v) is 6.10. The van der Waals surface area contributed by atoms with Crippen molar-refractivity contribution in [2.24, 2.45) is 0 Å². The Morgan fingerprint density at radius 1 is 1.38 bits per heavy atom. The number of rotatable bonds is 7. The lowest BCUT2D eigenvalue weighted by Gasteiger charge is -2.14. The van der Waals surface area contributed by atoms with E-state index in [1.807, 2.05) is 25.4 Å². The molecule has 0 saturated heterocycles. The van der Waals surface area contributed by atoms with Crippen LogP contribution in [0, 0.1) is 0 Å². The summed E-state index contributed by atoms with van der Waals surface area (Å²) in [6.45, 7) is 6.31. The van der Waals surface area contributed by atoms with Crippen molar-refractivity contribution in [2.75, 3.05) is 13.7 Å². The maximum absolute atomic E-state index is 5.90. The summed E-state index contributed by atoms with van der Waals surface area (Å²) in [7, 11) is 1.89. The summed E-state index contributed by atoms with van der Waals surface area (Å²) in [5, 5.41) is 11.2. The molecule has 0 amide bonds. The fourth-order valence-corrected chi connectivity index (χ4v) is 2.44. The molecule has 1 aromatic heterocycles. The second-order valence-electron chi connectivity index (χ2n) is 5.19. The quantitative estimate of drug-likeness (QED) is 0.832. The fourth-order valence-electron chi connectivity index (χ4n) is 2.06. The maximum Gasteiger partial charge on any atom is 0.122 e. The molecule has 0 aliphatic heterocycles. The first-order valence-electron chi connectivity index (χ1n) is 7.06. The van der Waals surface area contributed by atoms with Crippen LogP contribution in [0.15, 0.2) is 28.9 Å². The van der Waals surface area contributed by atoms with Gasteiger partial charge >= 0.3 is 0 Å². The van der Waals surface area contributed by atoms with Crippen molar-refractivity contribution < 1.29 is 4.74 Å². The van der Waals surface area contributed by atoms with Crippen molar-refractivity contribution in [3.8, 4) is 5.75 Å². The summed E-state index contributed by atoms with van der Waals surface area (Å²) in [4.78, 5) is 0. The number of halogens is 1. The number of hydrogen-bond acceptors (Lipinski definition) is 4. The van der Waals surface area contributed by atoms with Crippen LogP contribution in [0.25, 0.3) is 0 Å². The van der Waals surface area contributed by atoms with Gasteiger partial charge in [-0.3, -0.25) is 0 Å². The van der Waals surface area contributed by atoms with E-state index in [4.69, 9.17) is 4.74 Å². The predicted octanol–water partition coefficient (Wildman–Crippen LogP) is 2.96. The lowest BCUT2D eigenvalue weighted by Crippen LogP contribution is -2.10. The van der Waals surface area contributed by atoms with Crippen LogP contribution >= 0.6 is 15.9 Å². The van der Waals surface area contributed by atoms with Crippen molar-refractivity contribution in [1.82, 2.24) is 20.3 Å². The molecule has 2 rings (SSSR count). The number of benzene rings is 1. The molecule has 2 aromatic rings. The standard InChI is InChI=1S/C15H21BrN4O/c1-11(2)14-8-12(16)4-5-15(14)21-7-6-20-10-13(9-17-3)18-19-20/h4-5,8,10-11,17H,6-7,9H2,1-3H3. The highest BCUT2D eigenvalue weighted by molar-refractivity contribution is 9.10. The first-order chi connectivity index (χ1) is 10.1. The molecule has 21 heavy (non-hydrogen) atoms. The van der Waals surface area contributed by atoms with Crippen molar-refractivity contribution >= 4 is 15.9 Å². The highest BCUT2D eigenvalue weighted by atomic mass is 79.9. The molecule has 114 valence electrons. The molecule has 0 atom stereocenters. The molecule has 1 N–H and O–H groups in total. The number of nitrogens with one attached hydrogen (secondary N) is 1. The molecular formula is C15H21BrN4O. The molecule has 1 aromatic carbocycles. The first kappa shape index (κ1) is 16.0. The summed E-state index contributed by atoms with van der Waals surface area (Å²) in [6.07, 6.45) is 1.94. The Labute approximate surface area is 133 Å².